The summed E-state index contributed by atoms with van der Waals surface area (Å²) in [6.45, 7) is 7.19. The minimum absolute atomic E-state index is 0.0150. The van der Waals surface area contributed by atoms with Crippen LogP contribution < -0.4 is 0 Å². The second-order valence-electron chi connectivity index (χ2n) is 4.65. The molecule has 1 unspecified atom stereocenters. The van der Waals surface area contributed by atoms with Gasteiger partial charge >= 0.3 is 0 Å². The molecule has 102 valence electrons. The van der Waals surface area contributed by atoms with Crippen LogP contribution in [-0.2, 0) is 0 Å². The van der Waals surface area contributed by atoms with Crippen molar-refractivity contribution in [2.45, 2.75) is 64.7 Å². The molecule has 0 aromatic heterocycles. The fourth-order valence-corrected chi connectivity index (χ4v) is 1.94. The number of quaternary nitrogens is 1. The number of unbranched alkanes of at least 4 members (excludes halogenated alkanes) is 4. The lowest BCUT2D eigenvalue weighted by Gasteiger charge is -2.36. The van der Waals surface area contributed by atoms with Gasteiger partial charge in [0, 0.05) is 0 Å². The maximum atomic E-state index is 12.0. The summed E-state index contributed by atoms with van der Waals surface area (Å²) < 4.78 is -0.265. The zero-order valence-electron chi connectivity index (χ0n) is 11.6. The van der Waals surface area contributed by atoms with Gasteiger partial charge < -0.3 is 9.85 Å². The molecule has 0 saturated carbocycles. The molecule has 0 spiro atoms. The van der Waals surface area contributed by atoms with Crippen molar-refractivity contribution in [3.05, 3.63) is 17.5 Å². The van der Waals surface area contributed by atoms with Crippen LogP contribution in [0.4, 0.5) is 0 Å². The first-order chi connectivity index (χ1) is 8.08. The van der Waals surface area contributed by atoms with E-state index in [0.717, 1.165) is 12.8 Å². The molecule has 0 aliphatic rings. The highest BCUT2D eigenvalue weighted by Gasteiger charge is 2.08. The number of allylic oxidation sites excluding steroid dienone is 1. The molecular formula is C14H28ClNO. The van der Waals surface area contributed by atoms with Crippen LogP contribution in [0.1, 0.15) is 59.3 Å². The number of hydrogen-bond donors (Lipinski definition) is 0. The van der Waals surface area contributed by atoms with E-state index >= 15 is 0 Å². The molecule has 0 heterocycles. The van der Waals surface area contributed by atoms with Gasteiger partial charge in [0.05, 0.1) is 24.7 Å². The summed E-state index contributed by atoms with van der Waals surface area (Å²) in [5, 5.41) is 12.0. The van der Waals surface area contributed by atoms with Crippen LogP contribution >= 0.6 is 11.6 Å². The molecular weight excluding hydrogens is 234 g/mol. The molecule has 0 saturated heterocycles. The van der Waals surface area contributed by atoms with Crippen molar-refractivity contribution in [1.29, 1.82) is 0 Å². The third kappa shape index (κ3) is 8.64. The topological polar surface area (TPSA) is 23.1 Å². The highest BCUT2D eigenvalue weighted by atomic mass is 35.5. The van der Waals surface area contributed by atoms with E-state index < -0.39 is 0 Å². The van der Waals surface area contributed by atoms with Crippen LogP contribution in [0.2, 0.25) is 0 Å². The van der Waals surface area contributed by atoms with Gasteiger partial charge in [-0.25, -0.2) is 0 Å². The molecule has 0 N–H and O–H groups in total. The lowest BCUT2D eigenvalue weighted by atomic mass is 10.1. The van der Waals surface area contributed by atoms with Gasteiger partial charge in [0.2, 0.25) is 0 Å². The molecule has 0 bridgehead atoms. The summed E-state index contributed by atoms with van der Waals surface area (Å²) in [5.74, 6) is 0. The van der Waals surface area contributed by atoms with Gasteiger partial charge in [-0.05, 0) is 26.3 Å². The molecule has 0 radical (unpaired) electrons. The van der Waals surface area contributed by atoms with Gasteiger partial charge in [-0.3, -0.25) is 0 Å². The Kier molecular flexibility index (Phi) is 9.90. The van der Waals surface area contributed by atoms with Gasteiger partial charge in [0.1, 0.15) is 0 Å². The van der Waals surface area contributed by atoms with Crippen LogP contribution in [0.25, 0.3) is 0 Å². The first kappa shape index (κ1) is 16.9. The van der Waals surface area contributed by atoms with E-state index in [1.54, 1.807) is 6.20 Å². The molecule has 0 amide bonds. The monoisotopic (exact) mass is 261 g/mol. The smallest absolute Gasteiger partial charge is 0.0932 e. The zero-order valence-corrected chi connectivity index (χ0v) is 12.4. The molecule has 1 atom stereocenters. The molecule has 2 nitrogen and oxygen atoms in total. The van der Waals surface area contributed by atoms with Crippen molar-refractivity contribution in [1.82, 2.24) is 0 Å². The standard InChI is InChI=1S/C14H28ClNO/c1-4-7-8-9-10-11-14(15)12-13-16(17,5-2)6-3/h12-14H,4-11H2,1-3H3/b13-12+. The predicted molar refractivity (Wildman–Crippen MR) is 76.9 cm³/mol. The molecule has 0 aromatic rings. The summed E-state index contributed by atoms with van der Waals surface area (Å²) in [4.78, 5) is 0. The molecule has 0 rings (SSSR count). The molecule has 0 aliphatic heterocycles. The van der Waals surface area contributed by atoms with E-state index in [1.165, 1.54) is 25.7 Å². The van der Waals surface area contributed by atoms with E-state index in [-0.39, 0.29) is 10.0 Å². The van der Waals surface area contributed by atoms with Crippen LogP contribution in [-0.4, -0.2) is 23.1 Å². The highest BCUT2D eigenvalue weighted by Crippen LogP contribution is 2.14. The SMILES string of the molecule is CCCCCCCC(Cl)/C=C/[N+]([O-])(CC)CC. The minimum Gasteiger partial charge on any atom is -0.628 e. The second kappa shape index (κ2) is 9.93. The van der Waals surface area contributed by atoms with Crippen LogP contribution in [0.15, 0.2) is 12.3 Å². The second-order valence-corrected chi connectivity index (χ2v) is 5.21. The van der Waals surface area contributed by atoms with E-state index in [2.05, 4.69) is 6.92 Å². The molecule has 0 fully saturated rings. The Hall–Kier alpha value is -0.0500. The van der Waals surface area contributed by atoms with Gasteiger partial charge in [0.25, 0.3) is 0 Å². The molecule has 3 heteroatoms. The first-order valence-electron chi connectivity index (χ1n) is 6.99. The van der Waals surface area contributed by atoms with Gasteiger partial charge in [-0.2, -0.15) is 0 Å². The van der Waals surface area contributed by atoms with Crippen molar-refractivity contribution in [2.75, 3.05) is 13.1 Å². The number of nitrogens with zero attached hydrogens (tertiary/aromatic N) is 1. The van der Waals surface area contributed by atoms with Gasteiger partial charge in [0.15, 0.2) is 0 Å². The Balaban J connectivity index is 3.77. The third-order valence-corrected chi connectivity index (χ3v) is 3.58. The Morgan fingerprint density at radius 1 is 1.06 bits per heavy atom. The largest absolute Gasteiger partial charge is 0.628 e. The normalized spacial score (nSPS) is 14.4. The number of hydrogen-bond acceptors (Lipinski definition) is 1. The van der Waals surface area contributed by atoms with E-state index in [1.807, 2.05) is 19.9 Å². The molecule has 0 aliphatic carbocycles. The minimum atomic E-state index is -0.265. The number of hydroxylamine groups is 3. The Labute approximate surface area is 112 Å². The summed E-state index contributed by atoms with van der Waals surface area (Å²) in [6, 6.07) is 0. The number of halogens is 1. The van der Waals surface area contributed by atoms with Crippen molar-refractivity contribution in [2.24, 2.45) is 0 Å². The maximum Gasteiger partial charge on any atom is 0.0932 e. The maximum absolute atomic E-state index is 12.0. The Bertz CT molecular complexity index is 202. The van der Waals surface area contributed by atoms with Gasteiger partial charge in [-0.15, -0.1) is 11.6 Å². The van der Waals surface area contributed by atoms with Crippen molar-refractivity contribution >= 4 is 11.6 Å². The summed E-state index contributed by atoms with van der Waals surface area (Å²) in [7, 11) is 0. The highest BCUT2D eigenvalue weighted by molar-refractivity contribution is 6.21. The Morgan fingerprint density at radius 3 is 2.18 bits per heavy atom. The average molecular weight is 262 g/mol. The van der Waals surface area contributed by atoms with Crippen molar-refractivity contribution in [3.8, 4) is 0 Å². The van der Waals surface area contributed by atoms with E-state index in [9.17, 15) is 5.21 Å². The van der Waals surface area contributed by atoms with Crippen LogP contribution in [0, 0.1) is 5.21 Å². The van der Waals surface area contributed by atoms with Crippen molar-refractivity contribution in [3.63, 3.8) is 0 Å². The predicted octanol–water partition coefficient (Wildman–Crippen LogP) is 4.82. The first-order valence-corrected chi connectivity index (χ1v) is 7.42. The van der Waals surface area contributed by atoms with Crippen molar-refractivity contribution < 1.29 is 4.65 Å². The third-order valence-electron chi connectivity index (χ3n) is 3.22. The lowest BCUT2D eigenvalue weighted by Crippen LogP contribution is -2.35. The average Bonchev–Trinajstić information content (AvgIpc) is 2.35. The summed E-state index contributed by atoms with van der Waals surface area (Å²) >= 11 is 6.18. The quantitative estimate of drug-likeness (QED) is 0.239. The van der Waals surface area contributed by atoms with E-state index in [0.29, 0.717) is 13.1 Å². The molecule has 0 aromatic carbocycles. The number of alkyl halides is 1. The Morgan fingerprint density at radius 2 is 1.65 bits per heavy atom. The van der Waals surface area contributed by atoms with Crippen LogP contribution in [0.5, 0.6) is 0 Å². The van der Waals surface area contributed by atoms with Crippen LogP contribution in [0.3, 0.4) is 0 Å². The fraction of sp³-hybridized carbons (Fsp3) is 0.857. The van der Waals surface area contributed by atoms with Gasteiger partial charge in [-0.1, -0.05) is 39.0 Å². The van der Waals surface area contributed by atoms with E-state index in [4.69, 9.17) is 11.6 Å². The lowest BCUT2D eigenvalue weighted by molar-refractivity contribution is -0.825. The fourth-order valence-electron chi connectivity index (χ4n) is 1.72. The molecule has 17 heavy (non-hydrogen) atoms. The summed E-state index contributed by atoms with van der Waals surface area (Å²) in [6.07, 6.45) is 10.9. The summed E-state index contributed by atoms with van der Waals surface area (Å²) in [5.41, 5.74) is 0. The zero-order chi connectivity index (χ0) is 13.1. The number of rotatable bonds is 10.